The first kappa shape index (κ1) is 14.3. The van der Waals surface area contributed by atoms with E-state index < -0.39 is 18.2 Å². The lowest BCUT2D eigenvalue weighted by atomic mass is 10.1. The summed E-state index contributed by atoms with van der Waals surface area (Å²) >= 11 is 0. The highest BCUT2D eigenvalue weighted by molar-refractivity contribution is 5.67. The van der Waals surface area contributed by atoms with E-state index in [1.54, 1.807) is 0 Å². The molecule has 0 aliphatic carbocycles. The Morgan fingerprint density at radius 3 is 2.20 bits per heavy atom. The molecule has 0 spiro atoms. The topological polar surface area (TPSA) is 87.0 Å². The Balaban J connectivity index is 3.73. The van der Waals surface area contributed by atoms with Crippen LogP contribution in [0.1, 0.15) is 33.6 Å². The molecular weight excluding hydrogens is 200 g/mol. The Bertz CT molecular complexity index is 196. The molecule has 2 atom stereocenters. The molecule has 15 heavy (non-hydrogen) atoms. The van der Waals surface area contributed by atoms with Gasteiger partial charge in [0.15, 0.2) is 0 Å². The summed E-state index contributed by atoms with van der Waals surface area (Å²) in [5.41, 5.74) is -0.348. The van der Waals surface area contributed by atoms with Gasteiger partial charge in [-0.2, -0.15) is 0 Å². The minimum Gasteiger partial charge on any atom is -0.481 e. The third-order valence-corrected chi connectivity index (χ3v) is 1.66. The summed E-state index contributed by atoms with van der Waals surface area (Å²) in [6.07, 6.45) is -2.20. The molecule has 0 fully saturated rings. The summed E-state index contributed by atoms with van der Waals surface area (Å²) in [6.45, 7) is 5.66. The van der Waals surface area contributed by atoms with Gasteiger partial charge < -0.3 is 20.1 Å². The lowest BCUT2D eigenvalue weighted by molar-refractivity contribution is -0.139. The van der Waals surface area contributed by atoms with Crippen molar-refractivity contribution in [2.75, 3.05) is 6.61 Å². The minimum absolute atomic E-state index is 0.0163. The van der Waals surface area contributed by atoms with E-state index in [0.717, 1.165) is 0 Å². The Hall–Kier alpha value is -0.650. The van der Waals surface area contributed by atoms with E-state index in [-0.39, 0.29) is 25.0 Å². The second-order valence-corrected chi connectivity index (χ2v) is 4.56. The molecule has 90 valence electrons. The van der Waals surface area contributed by atoms with E-state index in [2.05, 4.69) is 0 Å². The van der Waals surface area contributed by atoms with Crippen molar-refractivity contribution in [2.24, 2.45) is 0 Å². The van der Waals surface area contributed by atoms with E-state index in [4.69, 9.17) is 9.84 Å². The first-order valence-corrected chi connectivity index (χ1v) is 4.92. The predicted molar refractivity (Wildman–Crippen MR) is 54.6 cm³/mol. The first-order valence-electron chi connectivity index (χ1n) is 4.92. The molecular formula is C10H20O5. The average molecular weight is 220 g/mol. The molecule has 5 heteroatoms. The van der Waals surface area contributed by atoms with Crippen molar-refractivity contribution in [1.29, 1.82) is 0 Å². The lowest BCUT2D eigenvalue weighted by Crippen LogP contribution is -2.29. The number of carboxylic acid groups (broad SMARTS) is 1. The predicted octanol–water partition coefficient (Wildman–Crippen LogP) is 0.388. The van der Waals surface area contributed by atoms with Crippen LogP contribution in [0.4, 0.5) is 0 Å². The Morgan fingerprint density at radius 2 is 1.80 bits per heavy atom. The van der Waals surface area contributed by atoms with Gasteiger partial charge >= 0.3 is 5.97 Å². The van der Waals surface area contributed by atoms with Crippen LogP contribution in [0.15, 0.2) is 0 Å². The standard InChI is InChI=1S/C10H20O5/c1-10(2,3)15-6-8(12)4-7(11)5-9(13)14/h7-8,11-12H,4-6H2,1-3H3,(H,13,14)/t7-,8-/m0/s1. The number of aliphatic hydroxyl groups is 2. The molecule has 0 saturated carbocycles. The Kier molecular flexibility index (Phi) is 5.79. The van der Waals surface area contributed by atoms with Gasteiger partial charge in [-0.05, 0) is 20.8 Å². The highest BCUT2D eigenvalue weighted by atomic mass is 16.5. The monoisotopic (exact) mass is 220 g/mol. The molecule has 0 aliphatic rings. The van der Waals surface area contributed by atoms with Gasteiger partial charge in [-0.25, -0.2) is 0 Å². The molecule has 0 bridgehead atoms. The quantitative estimate of drug-likeness (QED) is 0.602. The summed E-state index contributed by atoms with van der Waals surface area (Å²) in [7, 11) is 0. The largest absolute Gasteiger partial charge is 0.481 e. The van der Waals surface area contributed by atoms with Crippen LogP contribution in [0, 0.1) is 0 Å². The zero-order valence-corrected chi connectivity index (χ0v) is 9.43. The zero-order chi connectivity index (χ0) is 12.1. The van der Waals surface area contributed by atoms with Gasteiger partial charge in [-0.1, -0.05) is 0 Å². The number of aliphatic hydroxyl groups excluding tert-OH is 2. The van der Waals surface area contributed by atoms with Crippen molar-refractivity contribution in [3.8, 4) is 0 Å². The number of hydrogen-bond acceptors (Lipinski definition) is 4. The first-order chi connectivity index (χ1) is 6.70. The molecule has 0 aromatic rings. The molecule has 0 saturated heterocycles. The lowest BCUT2D eigenvalue weighted by Gasteiger charge is -2.22. The van der Waals surface area contributed by atoms with Gasteiger partial charge in [0.2, 0.25) is 0 Å². The maximum Gasteiger partial charge on any atom is 0.305 e. The molecule has 0 amide bonds. The van der Waals surface area contributed by atoms with Crippen LogP contribution in [-0.2, 0) is 9.53 Å². The van der Waals surface area contributed by atoms with E-state index in [1.807, 2.05) is 20.8 Å². The van der Waals surface area contributed by atoms with Gasteiger partial charge in [0.05, 0.1) is 30.8 Å². The summed E-state index contributed by atoms with van der Waals surface area (Å²) in [6, 6.07) is 0. The van der Waals surface area contributed by atoms with Crippen LogP contribution < -0.4 is 0 Å². The van der Waals surface area contributed by atoms with Crippen molar-refractivity contribution in [3.05, 3.63) is 0 Å². The second kappa shape index (κ2) is 6.05. The summed E-state index contributed by atoms with van der Waals surface area (Å²) in [4.78, 5) is 10.2. The number of carbonyl (C=O) groups is 1. The third-order valence-electron chi connectivity index (χ3n) is 1.66. The summed E-state index contributed by atoms with van der Waals surface area (Å²) in [5, 5.41) is 27.0. The average Bonchev–Trinajstić information content (AvgIpc) is 1.97. The fraction of sp³-hybridized carbons (Fsp3) is 0.900. The van der Waals surface area contributed by atoms with Crippen molar-refractivity contribution in [1.82, 2.24) is 0 Å². The van der Waals surface area contributed by atoms with E-state index in [0.29, 0.717) is 0 Å². The smallest absolute Gasteiger partial charge is 0.305 e. The van der Waals surface area contributed by atoms with Gasteiger partial charge in [0.1, 0.15) is 0 Å². The van der Waals surface area contributed by atoms with E-state index in [1.165, 1.54) is 0 Å². The van der Waals surface area contributed by atoms with Crippen LogP contribution in [0.3, 0.4) is 0 Å². The van der Waals surface area contributed by atoms with Crippen LogP contribution in [0.25, 0.3) is 0 Å². The highest BCUT2D eigenvalue weighted by Gasteiger charge is 2.18. The third kappa shape index (κ3) is 9.65. The van der Waals surface area contributed by atoms with Crippen LogP contribution in [0.5, 0.6) is 0 Å². The van der Waals surface area contributed by atoms with Gasteiger partial charge in [-0.15, -0.1) is 0 Å². The van der Waals surface area contributed by atoms with Crippen molar-refractivity contribution < 1.29 is 24.9 Å². The van der Waals surface area contributed by atoms with Gasteiger partial charge in [-0.3, -0.25) is 4.79 Å². The number of rotatable bonds is 6. The molecule has 0 unspecified atom stereocenters. The number of ether oxygens (including phenoxy) is 1. The molecule has 0 radical (unpaired) electrons. The highest BCUT2D eigenvalue weighted by Crippen LogP contribution is 2.10. The van der Waals surface area contributed by atoms with Gasteiger partial charge in [0, 0.05) is 6.42 Å². The maximum absolute atomic E-state index is 10.2. The second-order valence-electron chi connectivity index (χ2n) is 4.56. The van der Waals surface area contributed by atoms with E-state index >= 15 is 0 Å². The molecule has 3 N–H and O–H groups in total. The van der Waals surface area contributed by atoms with Crippen LogP contribution in [0.2, 0.25) is 0 Å². The number of hydrogen-bond donors (Lipinski definition) is 3. The van der Waals surface area contributed by atoms with E-state index in [9.17, 15) is 15.0 Å². The molecule has 5 nitrogen and oxygen atoms in total. The van der Waals surface area contributed by atoms with Crippen molar-refractivity contribution in [2.45, 2.75) is 51.4 Å². The van der Waals surface area contributed by atoms with Gasteiger partial charge in [0.25, 0.3) is 0 Å². The molecule has 0 aliphatic heterocycles. The molecule has 0 aromatic carbocycles. The van der Waals surface area contributed by atoms with Crippen LogP contribution in [-0.4, -0.2) is 45.7 Å². The number of carboxylic acids is 1. The molecule has 0 heterocycles. The minimum atomic E-state index is -1.08. The normalized spacial score (nSPS) is 16.1. The van der Waals surface area contributed by atoms with Crippen molar-refractivity contribution >= 4 is 5.97 Å². The SMILES string of the molecule is CC(C)(C)OC[C@@H](O)C[C@H](O)CC(=O)O. The summed E-state index contributed by atoms with van der Waals surface area (Å²) in [5.74, 6) is -1.08. The fourth-order valence-electron chi connectivity index (χ4n) is 1.01. The molecule has 0 aromatic heterocycles. The number of aliphatic carboxylic acids is 1. The summed E-state index contributed by atoms with van der Waals surface area (Å²) < 4.78 is 5.29. The molecule has 0 rings (SSSR count). The zero-order valence-electron chi connectivity index (χ0n) is 9.43. The van der Waals surface area contributed by atoms with Crippen molar-refractivity contribution in [3.63, 3.8) is 0 Å². The van der Waals surface area contributed by atoms with Crippen LogP contribution >= 0.6 is 0 Å². The Morgan fingerprint density at radius 1 is 1.27 bits per heavy atom. The fourth-order valence-corrected chi connectivity index (χ4v) is 1.01. The maximum atomic E-state index is 10.2. The Labute approximate surface area is 89.7 Å².